The zero-order valence-corrected chi connectivity index (χ0v) is 22.1. The highest BCUT2D eigenvalue weighted by molar-refractivity contribution is 6.01. The second-order valence-electron chi connectivity index (χ2n) is 8.86. The van der Waals surface area contributed by atoms with Crippen molar-refractivity contribution in [2.75, 3.05) is 18.0 Å². The molecule has 0 bridgehead atoms. The van der Waals surface area contributed by atoms with Gasteiger partial charge < -0.3 is 4.90 Å². The molecule has 1 fully saturated rings. The number of benzene rings is 1. The van der Waals surface area contributed by atoms with Crippen LogP contribution in [0.3, 0.4) is 0 Å². The van der Waals surface area contributed by atoms with Crippen LogP contribution in [-0.2, 0) is 0 Å². The highest BCUT2D eigenvalue weighted by Crippen LogP contribution is 2.35. The molecule has 182 valence electrons. The normalized spacial score (nSPS) is 16.2. The van der Waals surface area contributed by atoms with Gasteiger partial charge in [0.25, 0.3) is 0 Å². The maximum Gasteiger partial charge on any atom is 0.153 e. The van der Waals surface area contributed by atoms with Crippen LogP contribution < -0.4 is 4.90 Å². The van der Waals surface area contributed by atoms with E-state index in [-0.39, 0.29) is 0 Å². The first-order valence-electron chi connectivity index (χ1n) is 12.9. The van der Waals surface area contributed by atoms with Gasteiger partial charge in [0.1, 0.15) is 11.3 Å². The molecule has 34 heavy (non-hydrogen) atoms. The van der Waals surface area contributed by atoms with E-state index in [1.165, 1.54) is 29.7 Å². The summed E-state index contributed by atoms with van der Waals surface area (Å²) in [7, 11) is 0. The third-order valence-electron chi connectivity index (χ3n) is 7.13. The van der Waals surface area contributed by atoms with Crippen LogP contribution in [0.15, 0.2) is 30.5 Å². The Balaban J connectivity index is 0.000000771. The minimum absolute atomic E-state index is 0.612. The summed E-state index contributed by atoms with van der Waals surface area (Å²) in [5.74, 6) is 1.44. The summed E-state index contributed by atoms with van der Waals surface area (Å²) >= 11 is 0. The lowest BCUT2D eigenvalue weighted by Crippen LogP contribution is -2.22. The van der Waals surface area contributed by atoms with Crippen molar-refractivity contribution in [3.63, 3.8) is 0 Å². The fraction of sp³-hybridized carbons (Fsp3) is 0.483. The average Bonchev–Trinajstić information content (AvgIpc) is 3.51. The summed E-state index contributed by atoms with van der Waals surface area (Å²) in [5.41, 5.74) is 7.64. The third-order valence-corrected chi connectivity index (χ3v) is 7.13. The standard InChI is InChI=1S/C25H28N4O.2C2H6/c1-5-15(2)18-7-9-28(13-18)22-6-8-26-25-20(22)12-19(14-30)24-27-21-10-16(3)17(4)11-23(21)29(24)25;2*1-2/h6,8,10-12,14-15,18H,5,7,9,13H2,1-4H3;2*1-2H3. The van der Waals surface area contributed by atoms with Crippen LogP contribution in [0.2, 0.25) is 0 Å². The molecule has 5 rings (SSSR count). The predicted molar refractivity (Wildman–Crippen MR) is 145 cm³/mol. The van der Waals surface area contributed by atoms with Gasteiger partial charge >= 0.3 is 0 Å². The van der Waals surface area contributed by atoms with Gasteiger partial charge in [-0.2, -0.15) is 0 Å². The highest BCUT2D eigenvalue weighted by Gasteiger charge is 2.28. The number of imidazole rings is 1. The molecular weight excluding hydrogens is 420 g/mol. The molecule has 1 aliphatic heterocycles. The van der Waals surface area contributed by atoms with Gasteiger partial charge in [-0.25, -0.2) is 9.97 Å². The molecule has 0 amide bonds. The zero-order chi connectivity index (χ0) is 25.0. The van der Waals surface area contributed by atoms with Crippen LogP contribution in [0.1, 0.15) is 75.9 Å². The van der Waals surface area contributed by atoms with Gasteiger partial charge in [0.05, 0.1) is 16.6 Å². The van der Waals surface area contributed by atoms with E-state index in [1.54, 1.807) is 0 Å². The van der Waals surface area contributed by atoms with E-state index >= 15 is 0 Å². The molecule has 2 unspecified atom stereocenters. The monoisotopic (exact) mass is 460 g/mol. The Morgan fingerprint density at radius 3 is 2.47 bits per heavy atom. The van der Waals surface area contributed by atoms with Crippen molar-refractivity contribution >= 4 is 39.7 Å². The molecule has 5 nitrogen and oxygen atoms in total. The number of pyridine rings is 2. The SMILES string of the molecule is CC.CC.CCC(C)C1CCN(c2ccnc3c2cc(C=O)c2nc4cc(C)c(C)cc4n23)C1. The van der Waals surface area contributed by atoms with Gasteiger partial charge in [-0.1, -0.05) is 48.0 Å². The van der Waals surface area contributed by atoms with E-state index < -0.39 is 0 Å². The molecule has 5 heteroatoms. The van der Waals surface area contributed by atoms with Crippen LogP contribution in [-0.4, -0.2) is 33.7 Å². The van der Waals surface area contributed by atoms with Gasteiger partial charge in [-0.05, 0) is 67.5 Å². The number of rotatable bonds is 4. The Bertz CT molecular complexity index is 1290. The second kappa shape index (κ2) is 11.0. The molecule has 1 saturated heterocycles. The number of aromatic nitrogens is 3. The summed E-state index contributed by atoms with van der Waals surface area (Å²) in [5, 5.41) is 1.02. The summed E-state index contributed by atoms with van der Waals surface area (Å²) in [6.07, 6.45) is 5.24. The van der Waals surface area contributed by atoms with Crippen molar-refractivity contribution < 1.29 is 4.79 Å². The number of fused-ring (bicyclic) bond motifs is 5. The summed E-state index contributed by atoms with van der Waals surface area (Å²) in [4.78, 5) is 24.0. The fourth-order valence-electron chi connectivity index (χ4n) is 4.90. The first-order valence-corrected chi connectivity index (χ1v) is 12.9. The minimum atomic E-state index is 0.612. The summed E-state index contributed by atoms with van der Waals surface area (Å²) < 4.78 is 2.06. The quantitative estimate of drug-likeness (QED) is 0.298. The molecule has 4 aromatic rings. The van der Waals surface area contributed by atoms with E-state index in [0.29, 0.717) is 17.1 Å². The molecule has 1 aromatic carbocycles. The lowest BCUT2D eigenvalue weighted by atomic mass is 9.91. The summed E-state index contributed by atoms with van der Waals surface area (Å²) in [6, 6.07) is 8.32. The number of aldehydes is 1. The maximum absolute atomic E-state index is 12.0. The second-order valence-corrected chi connectivity index (χ2v) is 8.86. The Hall–Kier alpha value is -2.95. The minimum Gasteiger partial charge on any atom is -0.371 e. The van der Waals surface area contributed by atoms with Crippen LogP contribution in [0.25, 0.3) is 27.7 Å². The number of carbonyl (C=O) groups excluding carboxylic acids is 1. The molecule has 0 saturated carbocycles. The van der Waals surface area contributed by atoms with Gasteiger partial charge in [0, 0.05) is 30.4 Å². The van der Waals surface area contributed by atoms with Crippen LogP contribution >= 0.6 is 0 Å². The van der Waals surface area contributed by atoms with Crippen molar-refractivity contribution in [1.29, 1.82) is 0 Å². The average molecular weight is 461 g/mol. The van der Waals surface area contributed by atoms with Crippen molar-refractivity contribution in [2.45, 2.75) is 68.2 Å². The van der Waals surface area contributed by atoms with Crippen molar-refractivity contribution in [1.82, 2.24) is 14.4 Å². The van der Waals surface area contributed by atoms with Crippen LogP contribution in [0, 0.1) is 25.7 Å². The maximum atomic E-state index is 12.0. The molecule has 2 atom stereocenters. The molecule has 0 radical (unpaired) electrons. The predicted octanol–water partition coefficient (Wildman–Crippen LogP) is 7.39. The molecule has 1 aliphatic rings. The number of hydrogen-bond acceptors (Lipinski definition) is 4. The van der Waals surface area contributed by atoms with Crippen molar-refractivity contribution in [2.24, 2.45) is 11.8 Å². The van der Waals surface area contributed by atoms with E-state index in [0.717, 1.165) is 47.4 Å². The van der Waals surface area contributed by atoms with E-state index in [9.17, 15) is 4.79 Å². The topological polar surface area (TPSA) is 50.5 Å². The zero-order valence-electron chi connectivity index (χ0n) is 22.1. The van der Waals surface area contributed by atoms with E-state index in [1.807, 2.05) is 40.0 Å². The Morgan fingerprint density at radius 1 is 1.09 bits per heavy atom. The molecule has 0 N–H and O–H groups in total. The van der Waals surface area contributed by atoms with E-state index in [2.05, 4.69) is 55.2 Å². The first kappa shape index (κ1) is 25.7. The van der Waals surface area contributed by atoms with Crippen LogP contribution in [0.4, 0.5) is 5.69 Å². The smallest absolute Gasteiger partial charge is 0.153 e. The summed E-state index contributed by atoms with van der Waals surface area (Å²) in [6.45, 7) is 18.9. The first-order chi connectivity index (χ1) is 16.5. The van der Waals surface area contributed by atoms with Gasteiger partial charge in [-0.15, -0.1) is 0 Å². The Labute approximate surface area is 204 Å². The largest absolute Gasteiger partial charge is 0.371 e. The van der Waals surface area contributed by atoms with Crippen molar-refractivity contribution in [3.8, 4) is 0 Å². The molecular formula is C29H40N4O. The molecule has 0 spiro atoms. The van der Waals surface area contributed by atoms with Gasteiger partial charge in [0.15, 0.2) is 6.29 Å². The van der Waals surface area contributed by atoms with Crippen LogP contribution in [0.5, 0.6) is 0 Å². The Morgan fingerprint density at radius 2 is 1.79 bits per heavy atom. The van der Waals surface area contributed by atoms with E-state index in [4.69, 9.17) is 9.97 Å². The van der Waals surface area contributed by atoms with Gasteiger partial charge in [0.2, 0.25) is 0 Å². The molecule has 3 aromatic heterocycles. The number of carbonyl (C=O) groups is 1. The van der Waals surface area contributed by atoms with Crippen molar-refractivity contribution in [3.05, 3.63) is 47.2 Å². The lowest BCUT2D eigenvalue weighted by molar-refractivity contribution is 0.112. The third kappa shape index (κ3) is 4.40. The fourth-order valence-corrected chi connectivity index (χ4v) is 4.90. The highest BCUT2D eigenvalue weighted by atomic mass is 16.1. The lowest BCUT2D eigenvalue weighted by Gasteiger charge is -2.22. The molecule has 4 heterocycles. The molecule has 0 aliphatic carbocycles. The number of aryl methyl sites for hydroxylation is 2. The number of nitrogens with zero attached hydrogens (tertiary/aromatic N) is 4. The number of hydrogen-bond donors (Lipinski definition) is 0. The van der Waals surface area contributed by atoms with Gasteiger partial charge in [-0.3, -0.25) is 9.20 Å². The Kier molecular flexibility index (Phi) is 8.29. The number of anilines is 1.